The molecule has 0 spiro atoms. The Morgan fingerprint density at radius 2 is 2.04 bits per heavy atom. The molecule has 1 heterocycles. The molecule has 1 aromatic rings. The average molecular weight is 366 g/mol. The maximum Gasteiger partial charge on any atom is 0.445 e. The Hall–Kier alpha value is -1.42. The van der Waals surface area contributed by atoms with E-state index >= 15 is 0 Å². The van der Waals surface area contributed by atoms with Crippen molar-refractivity contribution in [3.8, 4) is 0 Å². The maximum absolute atomic E-state index is 12.5. The van der Waals surface area contributed by atoms with Crippen LogP contribution in [0.3, 0.4) is 0 Å². The van der Waals surface area contributed by atoms with Gasteiger partial charge in [0.1, 0.15) is 0 Å². The molecule has 1 fully saturated rings. The molecule has 2 rings (SSSR count). The van der Waals surface area contributed by atoms with Gasteiger partial charge in [0.25, 0.3) is 0 Å². The van der Waals surface area contributed by atoms with Crippen LogP contribution in [0.4, 0.5) is 23.1 Å². The summed E-state index contributed by atoms with van der Waals surface area (Å²) in [4.78, 5) is 12.1. The number of hydrogen-bond donors (Lipinski definition) is 3. The molecule has 2 atom stereocenters. The molecule has 0 saturated heterocycles. The molecule has 0 radical (unpaired) electrons. The number of aromatic nitrogens is 2. The molecule has 2 amide bonds. The zero-order valence-corrected chi connectivity index (χ0v) is 14.5. The molecule has 0 bridgehead atoms. The standard InChI is InChI=1S/C14H21F3N4O2S/c1-8-4-12(2,3)6-13(5-8,7-22)19-10(23)18-11-21-20-9(24-11)14(15,16)17/h8,22H,4-7H2,1-3H3,(H2,18,19,21,23)/t8-,13+/m0/s1. The summed E-state index contributed by atoms with van der Waals surface area (Å²) < 4.78 is 37.5. The van der Waals surface area contributed by atoms with E-state index in [1.807, 2.05) is 6.92 Å². The second kappa shape index (κ2) is 6.47. The first kappa shape index (κ1) is 18.9. The van der Waals surface area contributed by atoms with Crippen LogP contribution in [0.15, 0.2) is 0 Å². The van der Waals surface area contributed by atoms with E-state index in [1.54, 1.807) is 0 Å². The normalized spacial score (nSPS) is 26.9. The Labute approximate surface area is 141 Å². The SMILES string of the molecule is C[C@H]1CC(C)(C)C[C@](CO)(NC(=O)Nc2nnc(C(F)(F)F)s2)C1. The van der Waals surface area contributed by atoms with Gasteiger partial charge in [-0.15, -0.1) is 10.2 Å². The predicted octanol–water partition coefficient (Wildman–Crippen LogP) is 3.26. The Balaban J connectivity index is 2.06. The van der Waals surface area contributed by atoms with E-state index in [9.17, 15) is 23.1 Å². The second-order valence-electron chi connectivity index (χ2n) is 7.28. The quantitative estimate of drug-likeness (QED) is 0.766. The fraction of sp³-hybridized carbons (Fsp3) is 0.786. The lowest BCUT2D eigenvalue weighted by Crippen LogP contribution is -2.58. The molecule has 1 aliphatic carbocycles. The molecule has 1 aliphatic rings. The van der Waals surface area contributed by atoms with Crippen LogP contribution in [0.2, 0.25) is 0 Å². The largest absolute Gasteiger partial charge is 0.445 e. The zero-order chi connectivity index (χ0) is 18.2. The molecule has 0 unspecified atom stereocenters. The molecule has 6 nitrogen and oxygen atoms in total. The number of halogens is 3. The molecule has 0 aromatic carbocycles. The lowest BCUT2D eigenvalue weighted by Gasteiger charge is -2.47. The van der Waals surface area contributed by atoms with Gasteiger partial charge >= 0.3 is 12.2 Å². The van der Waals surface area contributed by atoms with E-state index in [0.717, 1.165) is 6.42 Å². The number of amides is 2. The molecule has 3 N–H and O–H groups in total. The van der Waals surface area contributed by atoms with Crippen molar-refractivity contribution in [3.05, 3.63) is 5.01 Å². The molecule has 1 aromatic heterocycles. The zero-order valence-electron chi connectivity index (χ0n) is 13.7. The predicted molar refractivity (Wildman–Crippen MR) is 83.7 cm³/mol. The Bertz CT molecular complexity index is 605. The van der Waals surface area contributed by atoms with Crippen molar-refractivity contribution in [2.75, 3.05) is 11.9 Å². The van der Waals surface area contributed by atoms with Crippen LogP contribution >= 0.6 is 11.3 Å². The summed E-state index contributed by atoms with van der Waals surface area (Å²) in [5.41, 5.74) is -0.858. The number of carbonyl (C=O) groups excluding carboxylic acids is 1. The van der Waals surface area contributed by atoms with Gasteiger partial charge in [0, 0.05) is 0 Å². The first-order valence-electron chi connectivity index (χ1n) is 7.55. The van der Waals surface area contributed by atoms with Gasteiger partial charge in [-0.1, -0.05) is 32.1 Å². The number of anilines is 1. The van der Waals surface area contributed by atoms with Crippen molar-refractivity contribution in [3.63, 3.8) is 0 Å². The number of aliphatic hydroxyl groups excluding tert-OH is 1. The minimum Gasteiger partial charge on any atom is -0.394 e. The fourth-order valence-electron chi connectivity index (χ4n) is 3.76. The van der Waals surface area contributed by atoms with Crippen LogP contribution in [-0.2, 0) is 6.18 Å². The van der Waals surface area contributed by atoms with Crippen molar-refractivity contribution in [1.82, 2.24) is 15.5 Å². The minimum atomic E-state index is -4.59. The first-order chi connectivity index (χ1) is 10.9. The van der Waals surface area contributed by atoms with E-state index in [-0.39, 0.29) is 28.5 Å². The first-order valence-corrected chi connectivity index (χ1v) is 8.37. The monoisotopic (exact) mass is 366 g/mol. The molecule has 10 heteroatoms. The molecule has 24 heavy (non-hydrogen) atoms. The maximum atomic E-state index is 12.5. The van der Waals surface area contributed by atoms with Crippen LogP contribution in [-0.4, -0.2) is 33.5 Å². The van der Waals surface area contributed by atoms with E-state index < -0.39 is 22.8 Å². The molecule has 0 aliphatic heterocycles. The van der Waals surface area contributed by atoms with Gasteiger partial charge in [-0.25, -0.2) is 4.79 Å². The second-order valence-corrected chi connectivity index (χ2v) is 8.26. The van der Waals surface area contributed by atoms with Gasteiger partial charge in [-0.2, -0.15) is 13.2 Å². The number of nitrogens with zero attached hydrogens (tertiary/aromatic N) is 2. The van der Waals surface area contributed by atoms with Crippen LogP contribution < -0.4 is 10.6 Å². The molecule has 1 saturated carbocycles. The van der Waals surface area contributed by atoms with Crippen molar-refractivity contribution < 1.29 is 23.1 Å². The summed E-state index contributed by atoms with van der Waals surface area (Å²) in [5, 5.41) is 19.8. The Morgan fingerprint density at radius 1 is 1.38 bits per heavy atom. The number of hydrogen-bond acceptors (Lipinski definition) is 5. The van der Waals surface area contributed by atoms with Crippen molar-refractivity contribution in [2.24, 2.45) is 11.3 Å². The summed E-state index contributed by atoms with van der Waals surface area (Å²) in [6, 6.07) is -0.696. The highest BCUT2D eigenvalue weighted by molar-refractivity contribution is 7.15. The summed E-state index contributed by atoms with van der Waals surface area (Å²) in [5.74, 6) is 0.305. The highest BCUT2D eigenvalue weighted by Crippen LogP contribution is 2.43. The summed E-state index contributed by atoms with van der Waals surface area (Å²) in [7, 11) is 0. The minimum absolute atomic E-state index is 0.0557. The fourth-order valence-corrected chi connectivity index (χ4v) is 4.36. The lowest BCUT2D eigenvalue weighted by atomic mass is 9.64. The van der Waals surface area contributed by atoms with E-state index in [1.165, 1.54) is 0 Å². The lowest BCUT2D eigenvalue weighted by molar-refractivity contribution is -0.138. The summed E-state index contributed by atoms with van der Waals surface area (Å²) >= 11 is 0.255. The Morgan fingerprint density at radius 3 is 2.54 bits per heavy atom. The van der Waals surface area contributed by atoms with E-state index in [4.69, 9.17) is 0 Å². The highest BCUT2D eigenvalue weighted by Gasteiger charge is 2.43. The molecular formula is C14H21F3N4O2S. The van der Waals surface area contributed by atoms with E-state index in [0.29, 0.717) is 18.8 Å². The molecular weight excluding hydrogens is 345 g/mol. The van der Waals surface area contributed by atoms with Gasteiger partial charge in [-0.05, 0) is 30.6 Å². The van der Waals surface area contributed by atoms with Crippen molar-refractivity contribution in [1.29, 1.82) is 0 Å². The number of rotatable bonds is 3. The number of urea groups is 1. The average Bonchev–Trinajstić information content (AvgIpc) is 2.84. The van der Waals surface area contributed by atoms with Gasteiger partial charge < -0.3 is 10.4 Å². The third kappa shape index (κ3) is 4.56. The number of carbonyl (C=O) groups is 1. The van der Waals surface area contributed by atoms with Gasteiger partial charge in [0.05, 0.1) is 12.1 Å². The Kier molecular flexibility index (Phi) is 5.10. The van der Waals surface area contributed by atoms with Crippen LogP contribution in [0.25, 0.3) is 0 Å². The smallest absolute Gasteiger partial charge is 0.394 e. The van der Waals surface area contributed by atoms with E-state index in [2.05, 4.69) is 34.7 Å². The number of aliphatic hydroxyl groups is 1. The van der Waals surface area contributed by atoms with Crippen LogP contribution in [0.5, 0.6) is 0 Å². The van der Waals surface area contributed by atoms with Gasteiger partial charge in [-0.3, -0.25) is 5.32 Å². The summed E-state index contributed by atoms with van der Waals surface area (Å²) in [6.07, 6.45) is -2.44. The van der Waals surface area contributed by atoms with Crippen LogP contribution in [0, 0.1) is 11.3 Å². The van der Waals surface area contributed by atoms with Crippen molar-refractivity contribution >= 4 is 22.5 Å². The van der Waals surface area contributed by atoms with Crippen LogP contribution in [0.1, 0.15) is 45.0 Å². The number of nitrogens with one attached hydrogen (secondary N) is 2. The number of alkyl halides is 3. The third-order valence-electron chi connectivity index (χ3n) is 4.03. The highest BCUT2D eigenvalue weighted by atomic mass is 32.1. The van der Waals surface area contributed by atoms with Gasteiger partial charge in [0.15, 0.2) is 0 Å². The molecule has 136 valence electrons. The van der Waals surface area contributed by atoms with Gasteiger partial charge in [0.2, 0.25) is 10.1 Å². The third-order valence-corrected chi connectivity index (χ3v) is 4.91. The van der Waals surface area contributed by atoms with Crippen molar-refractivity contribution in [2.45, 2.75) is 51.7 Å². The summed E-state index contributed by atoms with van der Waals surface area (Å²) in [6.45, 7) is 5.93. The topological polar surface area (TPSA) is 87.1 Å².